The molecule has 1 aliphatic rings. The van der Waals surface area contributed by atoms with Gasteiger partial charge in [0.05, 0.1) is 23.6 Å². The first-order chi connectivity index (χ1) is 17.1. The van der Waals surface area contributed by atoms with Gasteiger partial charge in [0, 0.05) is 18.1 Å². The Morgan fingerprint density at radius 3 is 2.60 bits per heavy atom. The lowest BCUT2D eigenvalue weighted by Gasteiger charge is -2.32. The molecular weight excluding hydrogens is 458 g/mol. The van der Waals surface area contributed by atoms with E-state index in [4.69, 9.17) is 21.3 Å². The monoisotopic (exact) mass is 487 g/mol. The molecule has 1 fully saturated rings. The standard InChI is InChI=1S/C29H30ClN3O2/c1-3-32-16-6-7-20(18-32)19-33-28(24-8-4-5-9-27(24)35-2)31-26-15-12-22(17-25(26)29(33)34)21-10-13-23(30)14-11-21/h4-5,8-15,17,20H,3,6-7,16,18-19H2,1-2H3/t20-/m1/s1. The normalized spacial score (nSPS) is 16.5. The first-order valence-electron chi connectivity index (χ1n) is 12.2. The van der Waals surface area contributed by atoms with E-state index in [1.54, 1.807) is 7.11 Å². The van der Waals surface area contributed by atoms with Gasteiger partial charge in [-0.2, -0.15) is 0 Å². The maximum Gasteiger partial charge on any atom is 0.261 e. The van der Waals surface area contributed by atoms with Crippen molar-refractivity contribution in [3.8, 4) is 28.3 Å². The zero-order chi connectivity index (χ0) is 24.4. The van der Waals surface area contributed by atoms with Crippen LogP contribution in [0.15, 0.2) is 71.5 Å². The Hall–Kier alpha value is -3.15. The minimum absolute atomic E-state index is 0.0136. The summed E-state index contributed by atoms with van der Waals surface area (Å²) in [6, 6.07) is 21.4. The molecule has 0 spiro atoms. The molecule has 5 rings (SSSR count). The number of halogens is 1. The Kier molecular flexibility index (Phi) is 6.89. The van der Waals surface area contributed by atoms with E-state index in [1.807, 2.05) is 71.3 Å². The van der Waals surface area contributed by atoms with Gasteiger partial charge in [-0.05, 0) is 79.4 Å². The van der Waals surface area contributed by atoms with Gasteiger partial charge < -0.3 is 9.64 Å². The topological polar surface area (TPSA) is 47.4 Å². The number of aromatic nitrogens is 2. The molecule has 6 heteroatoms. The van der Waals surface area contributed by atoms with E-state index < -0.39 is 0 Å². The Balaban J connectivity index is 1.67. The largest absolute Gasteiger partial charge is 0.496 e. The number of nitrogens with zero attached hydrogens (tertiary/aromatic N) is 3. The average Bonchev–Trinajstić information content (AvgIpc) is 2.90. The first-order valence-corrected chi connectivity index (χ1v) is 12.6. The highest BCUT2D eigenvalue weighted by molar-refractivity contribution is 6.30. The van der Waals surface area contributed by atoms with Crippen molar-refractivity contribution < 1.29 is 4.74 Å². The molecule has 180 valence electrons. The lowest BCUT2D eigenvalue weighted by atomic mass is 9.97. The van der Waals surface area contributed by atoms with Crippen LogP contribution in [-0.2, 0) is 6.54 Å². The molecule has 0 radical (unpaired) electrons. The number of hydrogen-bond acceptors (Lipinski definition) is 4. The lowest BCUT2D eigenvalue weighted by Crippen LogP contribution is -2.38. The summed E-state index contributed by atoms with van der Waals surface area (Å²) in [4.78, 5) is 21.5. The summed E-state index contributed by atoms with van der Waals surface area (Å²) in [5, 5.41) is 1.31. The zero-order valence-corrected chi connectivity index (χ0v) is 21.0. The second-order valence-corrected chi connectivity index (χ2v) is 9.63. The number of ether oxygens (including phenoxy) is 1. The van der Waals surface area contributed by atoms with Crippen LogP contribution in [0.3, 0.4) is 0 Å². The van der Waals surface area contributed by atoms with Crippen molar-refractivity contribution in [2.45, 2.75) is 26.3 Å². The summed E-state index contributed by atoms with van der Waals surface area (Å²) in [7, 11) is 1.65. The van der Waals surface area contributed by atoms with Crippen molar-refractivity contribution in [1.82, 2.24) is 14.5 Å². The fourth-order valence-electron chi connectivity index (χ4n) is 5.09. The van der Waals surface area contributed by atoms with Gasteiger partial charge >= 0.3 is 0 Å². The summed E-state index contributed by atoms with van der Waals surface area (Å²) >= 11 is 6.08. The van der Waals surface area contributed by atoms with Gasteiger partial charge in [-0.25, -0.2) is 4.98 Å². The molecule has 1 aliphatic heterocycles. The minimum Gasteiger partial charge on any atom is -0.496 e. The third-order valence-electron chi connectivity index (χ3n) is 6.97. The molecule has 5 nitrogen and oxygen atoms in total. The molecule has 0 amide bonds. The molecular formula is C29H30ClN3O2. The van der Waals surface area contributed by atoms with Crippen molar-refractivity contribution in [2.24, 2.45) is 5.92 Å². The molecule has 0 aliphatic carbocycles. The predicted octanol–water partition coefficient (Wildman–Crippen LogP) is 6.12. The van der Waals surface area contributed by atoms with E-state index in [0.717, 1.165) is 49.2 Å². The Labute approximate surface area is 210 Å². The van der Waals surface area contributed by atoms with Crippen LogP contribution in [0, 0.1) is 5.92 Å². The van der Waals surface area contributed by atoms with Crippen molar-refractivity contribution in [3.63, 3.8) is 0 Å². The van der Waals surface area contributed by atoms with Gasteiger partial charge in [-0.3, -0.25) is 9.36 Å². The number of likely N-dealkylation sites (tertiary alicyclic amines) is 1. The molecule has 2 heterocycles. The van der Waals surface area contributed by atoms with E-state index in [0.29, 0.717) is 40.0 Å². The van der Waals surface area contributed by atoms with Crippen LogP contribution in [0.25, 0.3) is 33.4 Å². The second kappa shape index (κ2) is 10.2. The maximum atomic E-state index is 14.0. The van der Waals surface area contributed by atoms with Gasteiger partial charge in [-0.15, -0.1) is 0 Å². The number of benzene rings is 3. The molecule has 3 aromatic carbocycles. The fraction of sp³-hybridized carbons (Fsp3) is 0.310. The smallest absolute Gasteiger partial charge is 0.261 e. The van der Waals surface area contributed by atoms with E-state index in [-0.39, 0.29) is 5.56 Å². The minimum atomic E-state index is -0.0136. The van der Waals surface area contributed by atoms with Crippen LogP contribution in [-0.4, -0.2) is 41.2 Å². The van der Waals surface area contributed by atoms with E-state index in [2.05, 4.69) is 11.8 Å². The Morgan fingerprint density at radius 1 is 1.06 bits per heavy atom. The fourth-order valence-corrected chi connectivity index (χ4v) is 5.22. The van der Waals surface area contributed by atoms with Gasteiger partial charge in [0.25, 0.3) is 5.56 Å². The second-order valence-electron chi connectivity index (χ2n) is 9.19. The SMILES string of the molecule is CCN1CCC[C@@H](Cn2c(-c3ccccc3OC)nc3ccc(-c4ccc(Cl)cc4)cc3c2=O)C1. The van der Waals surface area contributed by atoms with E-state index >= 15 is 0 Å². The Morgan fingerprint density at radius 2 is 1.83 bits per heavy atom. The summed E-state index contributed by atoms with van der Waals surface area (Å²) in [5.74, 6) is 1.77. The number of piperidine rings is 1. The van der Waals surface area contributed by atoms with Crippen LogP contribution < -0.4 is 10.3 Å². The zero-order valence-electron chi connectivity index (χ0n) is 20.2. The van der Waals surface area contributed by atoms with Crippen molar-refractivity contribution >= 4 is 22.5 Å². The van der Waals surface area contributed by atoms with Crippen LogP contribution in [0.1, 0.15) is 19.8 Å². The summed E-state index contributed by atoms with van der Waals surface area (Å²) < 4.78 is 7.51. The van der Waals surface area contributed by atoms with Crippen LogP contribution in [0.5, 0.6) is 5.75 Å². The molecule has 1 saturated heterocycles. The third-order valence-corrected chi connectivity index (χ3v) is 7.22. The van der Waals surface area contributed by atoms with E-state index in [1.165, 1.54) is 0 Å². The third kappa shape index (κ3) is 4.84. The van der Waals surface area contributed by atoms with Crippen molar-refractivity contribution in [3.05, 3.63) is 82.1 Å². The summed E-state index contributed by atoms with van der Waals surface area (Å²) in [5.41, 5.74) is 3.49. The Bertz CT molecular complexity index is 1400. The van der Waals surface area contributed by atoms with Gasteiger partial charge in [0.15, 0.2) is 0 Å². The highest BCUT2D eigenvalue weighted by atomic mass is 35.5. The highest BCUT2D eigenvalue weighted by Crippen LogP contribution is 2.31. The summed E-state index contributed by atoms with van der Waals surface area (Å²) in [6.07, 6.45) is 2.26. The first kappa shape index (κ1) is 23.6. The summed E-state index contributed by atoms with van der Waals surface area (Å²) in [6.45, 7) is 5.99. The average molecular weight is 488 g/mol. The van der Waals surface area contributed by atoms with Crippen molar-refractivity contribution in [2.75, 3.05) is 26.7 Å². The lowest BCUT2D eigenvalue weighted by molar-refractivity contribution is 0.169. The van der Waals surface area contributed by atoms with Crippen LogP contribution in [0.4, 0.5) is 0 Å². The number of para-hydroxylation sites is 1. The van der Waals surface area contributed by atoms with Gasteiger partial charge in [0.1, 0.15) is 11.6 Å². The van der Waals surface area contributed by atoms with Crippen LogP contribution in [0.2, 0.25) is 5.02 Å². The molecule has 4 aromatic rings. The van der Waals surface area contributed by atoms with Gasteiger partial charge in [0.2, 0.25) is 0 Å². The van der Waals surface area contributed by atoms with Gasteiger partial charge in [-0.1, -0.05) is 48.9 Å². The quantitative estimate of drug-likeness (QED) is 0.328. The number of methoxy groups -OCH3 is 1. The highest BCUT2D eigenvalue weighted by Gasteiger charge is 2.23. The predicted molar refractivity (Wildman–Crippen MR) is 143 cm³/mol. The number of rotatable bonds is 6. The molecule has 1 aromatic heterocycles. The van der Waals surface area contributed by atoms with Crippen molar-refractivity contribution in [1.29, 1.82) is 0 Å². The number of fused-ring (bicyclic) bond motifs is 1. The molecule has 1 atom stereocenters. The molecule has 0 N–H and O–H groups in total. The molecule has 0 bridgehead atoms. The molecule has 0 saturated carbocycles. The van der Waals surface area contributed by atoms with E-state index in [9.17, 15) is 4.79 Å². The number of hydrogen-bond donors (Lipinski definition) is 0. The molecule has 0 unspecified atom stereocenters. The molecule has 35 heavy (non-hydrogen) atoms. The van der Waals surface area contributed by atoms with Crippen LogP contribution >= 0.6 is 11.6 Å². The maximum absolute atomic E-state index is 14.0.